The van der Waals surface area contributed by atoms with Crippen molar-refractivity contribution in [1.29, 1.82) is 0 Å². The second-order valence-electron chi connectivity index (χ2n) is 10.2. The molecule has 2 unspecified atom stereocenters. The number of nitrogens with one attached hydrogen (secondary N) is 3. The molecule has 3 N–H and O–H groups in total. The smallest absolute Gasteiger partial charge is 0.378 e. The highest BCUT2D eigenvalue weighted by molar-refractivity contribution is 8.04. The van der Waals surface area contributed by atoms with Crippen molar-refractivity contribution in [2.75, 3.05) is 25.1 Å². The van der Waals surface area contributed by atoms with Crippen LogP contribution in [-0.2, 0) is 25.6 Å². The minimum absolute atomic E-state index is 0.198. The fraction of sp³-hybridized carbons (Fsp3) is 0.440. The number of anilines is 2. The molecular weight excluding hydrogens is 569 g/mol. The van der Waals surface area contributed by atoms with Crippen LogP contribution in [0.25, 0.3) is 0 Å². The molecule has 0 saturated carbocycles. The van der Waals surface area contributed by atoms with E-state index in [2.05, 4.69) is 20.6 Å². The highest BCUT2D eigenvalue weighted by Gasteiger charge is 2.51. The highest BCUT2D eigenvalue weighted by atomic mass is 32.2. The van der Waals surface area contributed by atoms with Crippen LogP contribution in [0.15, 0.2) is 47.1 Å². The molecule has 4 heterocycles. The minimum Gasteiger partial charge on any atom is -0.378 e. The van der Waals surface area contributed by atoms with Gasteiger partial charge < -0.3 is 25.2 Å². The zero-order valence-electron chi connectivity index (χ0n) is 21.6. The lowest BCUT2D eigenvalue weighted by molar-refractivity contribution is -0.243. The monoisotopic (exact) mass is 596 g/mol. The maximum Gasteiger partial charge on any atom is 0.493 e. The van der Waals surface area contributed by atoms with Crippen LogP contribution >= 0.6 is 24.0 Å². The summed E-state index contributed by atoms with van der Waals surface area (Å²) in [5.41, 5.74) is 0.390. The third kappa shape index (κ3) is 6.27. The van der Waals surface area contributed by atoms with Gasteiger partial charge in [0.15, 0.2) is 10.3 Å². The van der Waals surface area contributed by atoms with Crippen molar-refractivity contribution in [1.82, 2.24) is 25.2 Å². The molecule has 2 atom stereocenters. The zero-order valence-corrected chi connectivity index (χ0v) is 23.2. The van der Waals surface area contributed by atoms with E-state index in [1.807, 2.05) is 29.2 Å². The van der Waals surface area contributed by atoms with Crippen LogP contribution in [0.4, 0.5) is 24.7 Å². The van der Waals surface area contributed by atoms with Crippen LogP contribution in [0.1, 0.15) is 25.8 Å². The second-order valence-corrected chi connectivity index (χ2v) is 11.7. The molecule has 0 aliphatic carbocycles. The molecule has 1 saturated heterocycles. The normalized spacial score (nSPS) is 23.0. The molecule has 0 spiro atoms. The van der Waals surface area contributed by atoms with E-state index in [1.54, 1.807) is 26.1 Å². The van der Waals surface area contributed by atoms with Crippen molar-refractivity contribution in [2.45, 2.75) is 49.9 Å². The van der Waals surface area contributed by atoms with Gasteiger partial charge in [-0.05, 0) is 56.2 Å². The van der Waals surface area contributed by atoms with Crippen molar-refractivity contribution in [3.63, 3.8) is 0 Å². The Hall–Kier alpha value is -3.14. The van der Waals surface area contributed by atoms with Gasteiger partial charge in [0.2, 0.25) is 0 Å². The van der Waals surface area contributed by atoms with Crippen molar-refractivity contribution < 1.29 is 32.3 Å². The highest BCUT2D eigenvalue weighted by Crippen LogP contribution is 2.46. The molecule has 0 bridgehead atoms. The van der Waals surface area contributed by atoms with Crippen molar-refractivity contribution in [3.05, 3.63) is 57.5 Å². The molecule has 1 aromatic carbocycles. The van der Waals surface area contributed by atoms with Crippen LogP contribution in [-0.4, -0.2) is 74.8 Å². The lowest BCUT2D eigenvalue weighted by Crippen LogP contribution is -2.56. The fourth-order valence-corrected chi connectivity index (χ4v) is 6.36. The van der Waals surface area contributed by atoms with Gasteiger partial charge >= 0.3 is 12.1 Å². The third-order valence-corrected chi connectivity index (χ3v) is 8.08. The number of ether oxygens (including phenoxy) is 1. The molecule has 5 rings (SSSR count). The maximum atomic E-state index is 13.3. The summed E-state index contributed by atoms with van der Waals surface area (Å²) in [5, 5.41) is 7.08. The quantitative estimate of drug-likeness (QED) is 0.424. The standard InChI is InChI=1S/C25H27F3N6O4S2/c1-24(2)12-17-19(20(35)32-24)40-23(34(17)38-21(36)25(26,27)28)33-8-9-37-13-16(33)11-14-4-3-5-15(10-14)30-18-6-7-29-22(39)31-18/h3-7,10,16,23H,8-9,11-13H2,1-2H3,(H,32,35)(H2,29,30,31,39). The molecule has 214 valence electrons. The average molecular weight is 597 g/mol. The molecule has 1 fully saturated rings. The summed E-state index contributed by atoms with van der Waals surface area (Å²) in [6, 6.07) is 9.13. The average Bonchev–Trinajstić information content (AvgIpc) is 3.21. The predicted molar refractivity (Wildman–Crippen MR) is 143 cm³/mol. The Bertz CT molecular complexity index is 1400. The number of alkyl halides is 3. The first-order valence-corrected chi connectivity index (χ1v) is 13.7. The number of aromatic amines is 1. The molecular formula is C25H27F3N6O4S2. The number of rotatable bonds is 6. The Balaban J connectivity index is 1.39. The summed E-state index contributed by atoms with van der Waals surface area (Å²) in [7, 11) is 0. The van der Waals surface area contributed by atoms with Crippen LogP contribution < -0.4 is 10.6 Å². The molecule has 3 aliphatic heterocycles. The number of hydrogen-bond acceptors (Lipinski definition) is 10. The number of hydrogen-bond donors (Lipinski definition) is 3. The van der Waals surface area contributed by atoms with E-state index in [0.29, 0.717) is 36.8 Å². The fourth-order valence-electron chi connectivity index (χ4n) is 4.85. The Morgan fingerprint density at radius 2 is 2.15 bits per heavy atom. The molecule has 15 heteroatoms. The summed E-state index contributed by atoms with van der Waals surface area (Å²) in [5.74, 6) is -2.08. The van der Waals surface area contributed by atoms with Gasteiger partial charge in [-0.25, -0.2) is 9.78 Å². The van der Waals surface area contributed by atoms with Gasteiger partial charge in [-0.2, -0.15) is 18.2 Å². The first-order valence-electron chi connectivity index (χ1n) is 12.4. The topological polar surface area (TPSA) is 112 Å². The number of carbonyl (C=O) groups is 2. The van der Waals surface area contributed by atoms with Crippen molar-refractivity contribution in [3.8, 4) is 0 Å². The first kappa shape index (κ1) is 28.4. The van der Waals surface area contributed by atoms with Crippen LogP contribution in [0, 0.1) is 4.77 Å². The molecule has 2 aromatic rings. The number of thioether (sulfide) groups is 1. The van der Waals surface area contributed by atoms with Crippen LogP contribution in [0.3, 0.4) is 0 Å². The largest absolute Gasteiger partial charge is 0.493 e. The molecule has 1 amide bonds. The zero-order chi connectivity index (χ0) is 28.7. The number of hydroxylamine groups is 2. The Morgan fingerprint density at radius 1 is 1.35 bits per heavy atom. The lowest BCUT2D eigenvalue weighted by atomic mass is 9.94. The summed E-state index contributed by atoms with van der Waals surface area (Å²) < 4.78 is 45.8. The van der Waals surface area contributed by atoms with E-state index >= 15 is 0 Å². The van der Waals surface area contributed by atoms with Gasteiger partial charge in [0, 0.05) is 36.4 Å². The number of aromatic nitrogens is 2. The van der Waals surface area contributed by atoms with E-state index in [4.69, 9.17) is 21.8 Å². The molecule has 0 radical (unpaired) electrons. The number of halogens is 3. The maximum absolute atomic E-state index is 13.3. The summed E-state index contributed by atoms with van der Waals surface area (Å²) in [6.07, 6.45) is -2.92. The Labute approximate surface area is 237 Å². The molecule has 1 aromatic heterocycles. The van der Waals surface area contributed by atoms with Gasteiger partial charge in [0.05, 0.1) is 23.8 Å². The predicted octanol–water partition coefficient (Wildman–Crippen LogP) is 3.99. The SMILES string of the molecule is CC1(C)CC2=C(SC(N3CCOCC3Cc3cccc(Nc4ccnc(=S)[nH]4)c3)N2OC(=O)C(F)(F)F)C(=O)N1. The van der Waals surface area contributed by atoms with Crippen molar-refractivity contribution in [2.24, 2.45) is 0 Å². The third-order valence-electron chi connectivity index (χ3n) is 6.54. The molecule has 3 aliphatic rings. The summed E-state index contributed by atoms with van der Waals surface area (Å²) in [6.45, 7) is 4.51. The van der Waals surface area contributed by atoms with Gasteiger partial charge in [-0.3, -0.25) is 9.69 Å². The summed E-state index contributed by atoms with van der Waals surface area (Å²) in [4.78, 5) is 38.9. The molecule has 10 nitrogen and oxygen atoms in total. The number of carbonyl (C=O) groups excluding carboxylic acids is 2. The minimum atomic E-state index is -5.19. The number of benzene rings is 1. The van der Waals surface area contributed by atoms with E-state index in [9.17, 15) is 22.8 Å². The Kier molecular flexibility index (Phi) is 7.83. The number of nitrogens with zero attached hydrogens (tertiary/aromatic N) is 3. The van der Waals surface area contributed by atoms with E-state index in [-0.39, 0.29) is 23.1 Å². The van der Waals surface area contributed by atoms with E-state index < -0.39 is 29.1 Å². The van der Waals surface area contributed by atoms with Gasteiger partial charge in [-0.1, -0.05) is 23.9 Å². The molecule has 40 heavy (non-hydrogen) atoms. The van der Waals surface area contributed by atoms with Gasteiger partial charge in [0.25, 0.3) is 5.91 Å². The lowest BCUT2D eigenvalue weighted by Gasteiger charge is -2.42. The van der Waals surface area contributed by atoms with E-state index in [1.165, 1.54) is 0 Å². The number of H-pyrrole nitrogens is 1. The summed E-state index contributed by atoms with van der Waals surface area (Å²) >= 11 is 6.15. The van der Waals surface area contributed by atoms with Crippen LogP contribution in [0.5, 0.6) is 0 Å². The van der Waals surface area contributed by atoms with Gasteiger partial charge in [-0.15, -0.1) is 0 Å². The number of amides is 1. The van der Waals surface area contributed by atoms with E-state index in [0.717, 1.165) is 28.1 Å². The second kappa shape index (κ2) is 11.0. The number of morpholine rings is 1. The Morgan fingerprint density at radius 3 is 2.90 bits per heavy atom. The van der Waals surface area contributed by atoms with Crippen molar-refractivity contribution >= 4 is 47.4 Å². The van der Waals surface area contributed by atoms with Crippen LogP contribution in [0.2, 0.25) is 0 Å². The van der Waals surface area contributed by atoms with Gasteiger partial charge in [0.1, 0.15) is 5.82 Å². The first-order chi connectivity index (χ1) is 18.9.